The average molecular weight is 285 g/mol. The molecule has 2 aromatic rings. The van der Waals surface area contributed by atoms with Crippen molar-refractivity contribution in [2.45, 2.75) is 32.6 Å². The predicted molar refractivity (Wildman–Crippen MR) is 81.3 cm³/mol. The molecular weight excluding hydrogens is 266 g/mol. The molecule has 21 heavy (non-hydrogen) atoms. The molecule has 3 rings (SSSR count). The van der Waals surface area contributed by atoms with Gasteiger partial charge in [0.1, 0.15) is 0 Å². The van der Waals surface area contributed by atoms with E-state index < -0.39 is 0 Å². The highest BCUT2D eigenvalue weighted by Crippen LogP contribution is 2.24. The number of hydrogen-bond acceptors (Lipinski definition) is 4. The molecule has 6 heteroatoms. The molecule has 0 fully saturated rings. The van der Waals surface area contributed by atoms with Gasteiger partial charge in [0.2, 0.25) is 5.89 Å². The molecule has 1 heterocycles. The first kappa shape index (κ1) is 13.6. The van der Waals surface area contributed by atoms with Crippen LogP contribution in [0.4, 0.5) is 5.69 Å². The number of rotatable bonds is 4. The number of anilines is 1. The second-order valence-corrected chi connectivity index (χ2v) is 5.21. The normalized spacial score (nSPS) is 14.2. The van der Waals surface area contributed by atoms with Crippen molar-refractivity contribution in [3.63, 3.8) is 0 Å². The van der Waals surface area contributed by atoms with Crippen molar-refractivity contribution >= 4 is 11.6 Å². The standard InChI is InChI=1S/C15H19N5O/c1-10-18-14(21-20-10)7-8-17-15(16)19-13-6-5-11-3-2-4-12(11)9-13/h5-6,9H,2-4,7-8H2,1H3,(H3,16,17,19). The van der Waals surface area contributed by atoms with Crippen molar-refractivity contribution < 1.29 is 4.52 Å². The molecule has 0 bridgehead atoms. The number of hydrogen-bond donors (Lipinski definition) is 2. The summed E-state index contributed by atoms with van der Waals surface area (Å²) in [6.45, 7) is 2.31. The summed E-state index contributed by atoms with van der Waals surface area (Å²) in [4.78, 5) is 8.40. The molecule has 1 aliphatic carbocycles. The molecule has 0 radical (unpaired) electrons. The Labute approximate surface area is 123 Å². The third-order valence-corrected chi connectivity index (χ3v) is 3.55. The minimum absolute atomic E-state index is 0.407. The van der Waals surface area contributed by atoms with Gasteiger partial charge in [-0.2, -0.15) is 4.98 Å². The average Bonchev–Trinajstić information content (AvgIpc) is 3.07. The van der Waals surface area contributed by atoms with Gasteiger partial charge in [-0.1, -0.05) is 11.2 Å². The SMILES string of the molecule is Cc1noc(CCN=C(N)Nc2ccc3c(c2)CCC3)n1. The number of aryl methyl sites for hydroxylation is 3. The minimum atomic E-state index is 0.407. The summed E-state index contributed by atoms with van der Waals surface area (Å²) in [5.74, 6) is 1.63. The van der Waals surface area contributed by atoms with Crippen LogP contribution in [0.25, 0.3) is 0 Å². The van der Waals surface area contributed by atoms with Crippen LogP contribution in [0, 0.1) is 6.92 Å². The number of guanidine groups is 1. The van der Waals surface area contributed by atoms with Gasteiger partial charge in [0, 0.05) is 12.1 Å². The van der Waals surface area contributed by atoms with Crippen molar-refractivity contribution in [1.29, 1.82) is 0 Å². The van der Waals surface area contributed by atoms with Gasteiger partial charge in [0.05, 0.1) is 6.54 Å². The third kappa shape index (κ3) is 3.39. The molecule has 0 amide bonds. The van der Waals surface area contributed by atoms with Crippen molar-refractivity contribution in [2.24, 2.45) is 10.7 Å². The smallest absolute Gasteiger partial charge is 0.228 e. The lowest BCUT2D eigenvalue weighted by atomic mass is 10.1. The fourth-order valence-electron chi connectivity index (χ4n) is 2.55. The molecule has 0 saturated carbocycles. The molecule has 3 N–H and O–H groups in total. The Balaban J connectivity index is 1.55. The van der Waals surface area contributed by atoms with Crippen LogP contribution in [-0.2, 0) is 19.3 Å². The second-order valence-electron chi connectivity index (χ2n) is 5.21. The number of nitrogens with two attached hydrogens (primary N) is 1. The summed E-state index contributed by atoms with van der Waals surface area (Å²) >= 11 is 0. The number of fused-ring (bicyclic) bond motifs is 1. The van der Waals surface area contributed by atoms with E-state index in [-0.39, 0.29) is 0 Å². The van der Waals surface area contributed by atoms with Crippen LogP contribution in [0.2, 0.25) is 0 Å². The Morgan fingerprint density at radius 1 is 1.38 bits per heavy atom. The maximum atomic E-state index is 5.89. The lowest BCUT2D eigenvalue weighted by Crippen LogP contribution is -2.23. The summed E-state index contributed by atoms with van der Waals surface area (Å²) in [6.07, 6.45) is 4.17. The maximum Gasteiger partial charge on any atom is 0.228 e. The van der Waals surface area contributed by atoms with Crippen LogP contribution in [0.5, 0.6) is 0 Å². The quantitative estimate of drug-likeness (QED) is 0.661. The number of aliphatic imine (C=N–C) groups is 1. The van der Waals surface area contributed by atoms with E-state index in [9.17, 15) is 0 Å². The van der Waals surface area contributed by atoms with Crippen molar-refractivity contribution in [2.75, 3.05) is 11.9 Å². The fourth-order valence-corrected chi connectivity index (χ4v) is 2.55. The highest BCUT2D eigenvalue weighted by Gasteiger charge is 2.10. The van der Waals surface area contributed by atoms with E-state index >= 15 is 0 Å². The van der Waals surface area contributed by atoms with Crippen LogP contribution in [-0.4, -0.2) is 22.6 Å². The van der Waals surface area contributed by atoms with Gasteiger partial charge >= 0.3 is 0 Å². The molecule has 1 aromatic carbocycles. The molecule has 0 unspecified atom stereocenters. The first-order valence-corrected chi connectivity index (χ1v) is 7.18. The van der Waals surface area contributed by atoms with Crippen LogP contribution < -0.4 is 11.1 Å². The van der Waals surface area contributed by atoms with E-state index in [4.69, 9.17) is 10.3 Å². The molecule has 1 aromatic heterocycles. The Morgan fingerprint density at radius 3 is 3.05 bits per heavy atom. The number of benzene rings is 1. The van der Waals surface area contributed by atoms with Gasteiger partial charge in [-0.25, -0.2) is 0 Å². The number of aromatic nitrogens is 2. The molecule has 0 aliphatic heterocycles. The Hall–Kier alpha value is -2.37. The zero-order valence-corrected chi connectivity index (χ0v) is 12.1. The van der Waals surface area contributed by atoms with E-state index in [2.05, 4.69) is 32.6 Å². The molecule has 110 valence electrons. The molecule has 6 nitrogen and oxygen atoms in total. The van der Waals surface area contributed by atoms with Gasteiger partial charge in [-0.15, -0.1) is 0 Å². The Morgan fingerprint density at radius 2 is 2.24 bits per heavy atom. The lowest BCUT2D eigenvalue weighted by Gasteiger charge is -2.07. The number of nitrogens with zero attached hydrogens (tertiary/aromatic N) is 3. The van der Waals surface area contributed by atoms with Crippen LogP contribution >= 0.6 is 0 Å². The van der Waals surface area contributed by atoms with Gasteiger partial charge in [0.25, 0.3) is 0 Å². The lowest BCUT2D eigenvalue weighted by molar-refractivity contribution is 0.376. The minimum Gasteiger partial charge on any atom is -0.370 e. The Bertz CT molecular complexity index is 662. The van der Waals surface area contributed by atoms with E-state index in [0.717, 1.165) is 12.1 Å². The van der Waals surface area contributed by atoms with Gasteiger partial charge in [0.15, 0.2) is 11.8 Å². The summed E-state index contributed by atoms with van der Waals surface area (Å²) < 4.78 is 5.02. The second kappa shape index (κ2) is 5.95. The molecule has 1 aliphatic rings. The van der Waals surface area contributed by atoms with Crippen molar-refractivity contribution in [1.82, 2.24) is 10.1 Å². The topological polar surface area (TPSA) is 89.3 Å². The molecule has 0 saturated heterocycles. The summed E-state index contributed by atoms with van der Waals surface area (Å²) in [5, 5.41) is 6.86. The van der Waals surface area contributed by atoms with Crippen LogP contribution in [0.3, 0.4) is 0 Å². The van der Waals surface area contributed by atoms with E-state index in [1.165, 1.54) is 24.0 Å². The maximum absolute atomic E-state index is 5.89. The van der Waals surface area contributed by atoms with E-state index in [1.54, 1.807) is 6.92 Å². The summed E-state index contributed by atoms with van der Waals surface area (Å²) in [5.41, 5.74) is 9.74. The first-order chi connectivity index (χ1) is 10.2. The van der Waals surface area contributed by atoms with Crippen LogP contribution in [0.15, 0.2) is 27.7 Å². The van der Waals surface area contributed by atoms with Gasteiger partial charge in [-0.3, -0.25) is 4.99 Å². The molecule has 0 atom stereocenters. The fraction of sp³-hybridized carbons (Fsp3) is 0.400. The van der Waals surface area contributed by atoms with Gasteiger partial charge < -0.3 is 15.6 Å². The Kier molecular flexibility index (Phi) is 3.85. The van der Waals surface area contributed by atoms with Crippen molar-refractivity contribution in [3.05, 3.63) is 41.0 Å². The summed E-state index contributed by atoms with van der Waals surface area (Å²) in [6, 6.07) is 6.37. The monoisotopic (exact) mass is 285 g/mol. The number of nitrogens with one attached hydrogen (secondary N) is 1. The van der Waals surface area contributed by atoms with Gasteiger partial charge in [-0.05, 0) is 49.4 Å². The van der Waals surface area contributed by atoms with E-state index in [1.807, 2.05) is 6.07 Å². The van der Waals surface area contributed by atoms with Crippen LogP contribution in [0.1, 0.15) is 29.3 Å². The van der Waals surface area contributed by atoms with Crippen molar-refractivity contribution in [3.8, 4) is 0 Å². The van der Waals surface area contributed by atoms with E-state index in [0.29, 0.717) is 30.6 Å². The third-order valence-electron chi connectivity index (χ3n) is 3.55. The summed E-state index contributed by atoms with van der Waals surface area (Å²) in [7, 11) is 0. The predicted octanol–water partition coefficient (Wildman–Crippen LogP) is 1.84. The molecule has 0 spiro atoms. The highest BCUT2D eigenvalue weighted by molar-refractivity contribution is 5.92. The zero-order valence-electron chi connectivity index (χ0n) is 12.1. The highest BCUT2D eigenvalue weighted by atomic mass is 16.5. The zero-order chi connectivity index (χ0) is 14.7. The first-order valence-electron chi connectivity index (χ1n) is 7.18. The largest absolute Gasteiger partial charge is 0.370 e. The molecular formula is C15H19N5O.